The first-order chi connectivity index (χ1) is 10.3. The second kappa shape index (κ2) is 6.54. The Bertz CT molecular complexity index is 577. The normalized spacial score (nSPS) is 14.4. The standard InChI is InChI=1S/C16H22N4S/c1-3-20(11-12-6-8-18-9-7-12)16-19-15(13-4-5-13)14(21-16)10-17-2/h6-9,13,17H,3-5,10-11H2,1-2H3. The van der Waals surface area contributed by atoms with Gasteiger partial charge in [0.2, 0.25) is 0 Å². The van der Waals surface area contributed by atoms with Crippen LogP contribution in [0.25, 0.3) is 0 Å². The van der Waals surface area contributed by atoms with Gasteiger partial charge in [-0.25, -0.2) is 4.98 Å². The van der Waals surface area contributed by atoms with Gasteiger partial charge < -0.3 is 10.2 Å². The Labute approximate surface area is 130 Å². The Balaban J connectivity index is 1.81. The van der Waals surface area contributed by atoms with Crippen LogP contribution in [0, 0.1) is 0 Å². The van der Waals surface area contributed by atoms with Crippen LogP contribution in [-0.4, -0.2) is 23.6 Å². The number of pyridine rings is 1. The molecule has 0 amide bonds. The van der Waals surface area contributed by atoms with Crippen LogP contribution in [0.5, 0.6) is 0 Å². The molecule has 1 aliphatic carbocycles. The van der Waals surface area contributed by atoms with E-state index in [1.807, 2.05) is 30.8 Å². The average molecular weight is 302 g/mol. The number of anilines is 1. The van der Waals surface area contributed by atoms with E-state index in [-0.39, 0.29) is 0 Å². The van der Waals surface area contributed by atoms with Crippen molar-refractivity contribution in [3.63, 3.8) is 0 Å². The highest BCUT2D eigenvalue weighted by molar-refractivity contribution is 7.15. The SMILES string of the molecule is CCN(Cc1ccncc1)c1nc(C2CC2)c(CNC)s1. The average Bonchev–Trinajstić information content (AvgIpc) is 3.28. The Morgan fingerprint density at radius 3 is 2.71 bits per heavy atom. The quantitative estimate of drug-likeness (QED) is 0.853. The van der Waals surface area contributed by atoms with Crippen molar-refractivity contribution in [1.29, 1.82) is 0 Å². The van der Waals surface area contributed by atoms with Crippen molar-refractivity contribution in [3.05, 3.63) is 40.7 Å². The lowest BCUT2D eigenvalue weighted by atomic mass is 10.2. The maximum Gasteiger partial charge on any atom is 0.186 e. The Kier molecular flexibility index (Phi) is 4.51. The molecule has 0 radical (unpaired) electrons. The van der Waals surface area contributed by atoms with E-state index in [0.29, 0.717) is 5.92 Å². The number of hydrogen-bond donors (Lipinski definition) is 1. The molecule has 3 rings (SSSR count). The van der Waals surface area contributed by atoms with Crippen LogP contribution in [0.2, 0.25) is 0 Å². The van der Waals surface area contributed by atoms with Gasteiger partial charge in [-0.2, -0.15) is 0 Å². The van der Waals surface area contributed by atoms with Crippen LogP contribution >= 0.6 is 11.3 Å². The molecule has 0 bridgehead atoms. The molecule has 1 saturated carbocycles. The predicted molar refractivity (Wildman–Crippen MR) is 87.8 cm³/mol. The van der Waals surface area contributed by atoms with Crippen LogP contribution in [-0.2, 0) is 13.1 Å². The van der Waals surface area contributed by atoms with E-state index >= 15 is 0 Å². The number of nitrogens with one attached hydrogen (secondary N) is 1. The predicted octanol–water partition coefficient (Wildman–Crippen LogP) is 3.16. The van der Waals surface area contributed by atoms with Crippen LogP contribution in [0.4, 0.5) is 5.13 Å². The molecule has 0 unspecified atom stereocenters. The van der Waals surface area contributed by atoms with E-state index in [2.05, 4.69) is 34.3 Å². The summed E-state index contributed by atoms with van der Waals surface area (Å²) in [5.74, 6) is 0.706. The first-order valence-electron chi connectivity index (χ1n) is 7.59. The first kappa shape index (κ1) is 14.5. The minimum atomic E-state index is 0.706. The van der Waals surface area contributed by atoms with E-state index in [1.165, 1.54) is 29.0 Å². The summed E-state index contributed by atoms with van der Waals surface area (Å²) in [6.07, 6.45) is 6.31. The lowest BCUT2D eigenvalue weighted by Crippen LogP contribution is -2.21. The fourth-order valence-corrected chi connectivity index (χ4v) is 3.69. The van der Waals surface area contributed by atoms with Crippen LogP contribution < -0.4 is 10.2 Å². The number of hydrogen-bond acceptors (Lipinski definition) is 5. The molecule has 2 heterocycles. The van der Waals surface area contributed by atoms with Crippen molar-refractivity contribution >= 4 is 16.5 Å². The Morgan fingerprint density at radius 1 is 1.33 bits per heavy atom. The molecular weight excluding hydrogens is 280 g/mol. The first-order valence-corrected chi connectivity index (χ1v) is 8.41. The van der Waals surface area contributed by atoms with Gasteiger partial charge in [0.05, 0.1) is 5.69 Å². The van der Waals surface area contributed by atoms with Gasteiger partial charge in [0.25, 0.3) is 0 Å². The summed E-state index contributed by atoms with van der Waals surface area (Å²) >= 11 is 1.84. The van der Waals surface area contributed by atoms with Gasteiger partial charge in [-0.1, -0.05) is 0 Å². The fourth-order valence-electron chi connectivity index (χ4n) is 2.47. The maximum absolute atomic E-state index is 4.95. The van der Waals surface area contributed by atoms with Crippen LogP contribution in [0.1, 0.15) is 41.8 Å². The van der Waals surface area contributed by atoms with Crippen LogP contribution in [0.3, 0.4) is 0 Å². The molecule has 0 aromatic carbocycles. The van der Waals surface area contributed by atoms with Crippen molar-refractivity contribution in [3.8, 4) is 0 Å². The maximum atomic E-state index is 4.95. The molecule has 4 nitrogen and oxygen atoms in total. The minimum absolute atomic E-state index is 0.706. The summed E-state index contributed by atoms with van der Waals surface area (Å²) in [5, 5.41) is 4.42. The lowest BCUT2D eigenvalue weighted by Gasteiger charge is -2.19. The van der Waals surface area contributed by atoms with Gasteiger partial charge in [0, 0.05) is 42.8 Å². The highest BCUT2D eigenvalue weighted by Crippen LogP contribution is 2.44. The van der Waals surface area contributed by atoms with E-state index in [0.717, 1.165) is 24.8 Å². The van der Waals surface area contributed by atoms with E-state index in [9.17, 15) is 0 Å². The lowest BCUT2D eigenvalue weighted by molar-refractivity contribution is 0.804. The zero-order valence-electron chi connectivity index (χ0n) is 12.7. The Hall–Kier alpha value is -1.46. The van der Waals surface area contributed by atoms with Crippen molar-refractivity contribution in [2.45, 2.75) is 38.8 Å². The van der Waals surface area contributed by atoms with Gasteiger partial charge in [0.1, 0.15) is 0 Å². The summed E-state index contributed by atoms with van der Waals surface area (Å²) in [5.41, 5.74) is 2.61. The fraction of sp³-hybridized carbons (Fsp3) is 0.500. The van der Waals surface area contributed by atoms with Gasteiger partial charge in [-0.15, -0.1) is 11.3 Å². The van der Waals surface area contributed by atoms with Crippen LogP contribution in [0.15, 0.2) is 24.5 Å². The van der Waals surface area contributed by atoms with Crippen molar-refractivity contribution < 1.29 is 0 Å². The molecule has 1 aliphatic rings. The van der Waals surface area contributed by atoms with Gasteiger partial charge in [-0.05, 0) is 44.5 Å². The third kappa shape index (κ3) is 3.41. The second-order valence-corrected chi connectivity index (χ2v) is 6.54. The molecule has 0 aliphatic heterocycles. The number of nitrogens with zero attached hydrogens (tertiary/aromatic N) is 3. The third-order valence-corrected chi connectivity index (χ3v) is 4.92. The molecule has 2 aromatic heterocycles. The third-order valence-electron chi connectivity index (χ3n) is 3.79. The summed E-state index contributed by atoms with van der Waals surface area (Å²) in [6.45, 7) is 4.99. The zero-order valence-corrected chi connectivity index (χ0v) is 13.5. The number of thiazole rings is 1. The minimum Gasteiger partial charge on any atom is -0.344 e. The topological polar surface area (TPSA) is 41.1 Å². The zero-order chi connectivity index (χ0) is 14.7. The molecular formula is C16H22N4S. The monoisotopic (exact) mass is 302 g/mol. The molecule has 0 saturated heterocycles. The smallest absolute Gasteiger partial charge is 0.186 e. The molecule has 2 aromatic rings. The second-order valence-electron chi connectivity index (χ2n) is 5.48. The highest BCUT2D eigenvalue weighted by Gasteiger charge is 2.30. The summed E-state index contributed by atoms with van der Waals surface area (Å²) in [6, 6.07) is 4.15. The van der Waals surface area contributed by atoms with Gasteiger partial charge in [0.15, 0.2) is 5.13 Å². The largest absolute Gasteiger partial charge is 0.344 e. The summed E-state index contributed by atoms with van der Waals surface area (Å²) < 4.78 is 0. The number of rotatable bonds is 7. The molecule has 5 heteroatoms. The van der Waals surface area contributed by atoms with E-state index in [1.54, 1.807) is 0 Å². The number of aromatic nitrogens is 2. The molecule has 1 N–H and O–H groups in total. The summed E-state index contributed by atoms with van der Waals surface area (Å²) in [4.78, 5) is 12.8. The Morgan fingerprint density at radius 2 is 2.10 bits per heavy atom. The van der Waals surface area contributed by atoms with Gasteiger partial charge in [-0.3, -0.25) is 4.98 Å². The molecule has 112 valence electrons. The van der Waals surface area contributed by atoms with Crippen molar-refractivity contribution in [1.82, 2.24) is 15.3 Å². The molecule has 0 atom stereocenters. The highest BCUT2D eigenvalue weighted by atomic mass is 32.1. The van der Waals surface area contributed by atoms with Crippen molar-refractivity contribution in [2.75, 3.05) is 18.5 Å². The van der Waals surface area contributed by atoms with E-state index in [4.69, 9.17) is 4.98 Å². The molecule has 1 fully saturated rings. The molecule has 21 heavy (non-hydrogen) atoms. The van der Waals surface area contributed by atoms with Gasteiger partial charge >= 0.3 is 0 Å². The van der Waals surface area contributed by atoms with Crippen molar-refractivity contribution in [2.24, 2.45) is 0 Å². The summed E-state index contributed by atoms with van der Waals surface area (Å²) in [7, 11) is 2.00. The van der Waals surface area contributed by atoms with E-state index < -0.39 is 0 Å². The molecule has 0 spiro atoms.